The van der Waals surface area contributed by atoms with Gasteiger partial charge in [0, 0.05) is 57.6 Å². The number of carbonyl (C=O) groups excluding carboxylic acids is 1. The molecular formula is C18H24N6O2. The largest absolute Gasteiger partial charge is 0.367 e. The topological polar surface area (TPSA) is 93.1 Å². The van der Waals surface area contributed by atoms with Crippen molar-refractivity contribution in [3.05, 3.63) is 41.7 Å². The molecule has 0 radical (unpaired) electrons. The average molecular weight is 356 g/mol. The summed E-state index contributed by atoms with van der Waals surface area (Å²) >= 11 is 0. The molecule has 1 saturated heterocycles. The number of hydrogen-bond donors (Lipinski definition) is 1. The van der Waals surface area contributed by atoms with Crippen LogP contribution in [0.2, 0.25) is 0 Å². The van der Waals surface area contributed by atoms with Crippen LogP contribution in [0.5, 0.6) is 0 Å². The van der Waals surface area contributed by atoms with Crippen LogP contribution in [0.4, 0.5) is 5.95 Å². The van der Waals surface area contributed by atoms with Gasteiger partial charge in [0.1, 0.15) is 5.60 Å². The summed E-state index contributed by atoms with van der Waals surface area (Å²) in [6.45, 7) is 3.11. The van der Waals surface area contributed by atoms with Gasteiger partial charge in [0.05, 0.1) is 5.56 Å². The maximum Gasteiger partial charge on any atom is 0.254 e. The molecular weight excluding hydrogens is 332 g/mol. The molecule has 3 rings (SSSR count). The molecule has 2 aromatic heterocycles. The van der Waals surface area contributed by atoms with Gasteiger partial charge < -0.3 is 15.0 Å². The van der Waals surface area contributed by atoms with E-state index in [0.29, 0.717) is 23.9 Å². The first-order chi connectivity index (χ1) is 12.5. The number of nitrogens with zero attached hydrogens (tertiary/aromatic N) is 5. The van der Waals surface area contributed by atoms with E-state index < -0.39 is 5.60 Å². The minimum atomic E-state index is -0.411. The molecule has 8 nitrogen and oxygen atoms in total. The molecule has 8 heteroatoms. The number of amides is 1. The Bertz CT molecular complexity index is 739. The molecule has 0 spiro atoms. The first-order valence-electron chi connectivity index (χ1n) is 8.71. The van der Waals surface area contributed by atoms with Crippen molar-refractivity contribution in [3.8, 4) is 0 Å². The number of nitrogens with one attached hydrogen (secondary N) is 1. The van der Waals surface area contributed by atoms with Crippen LogP contribution in [0, 0.1) is 0 Å². The van der Waals surface area contributed by atoms with Gasteiger partial charge in [-0.1, -0.05) is 0 Å². The van der Waals surface area contributed by atoms with E-state index in [2.05, 4.69) is 25.3 Å². The SMILES string of the molecule is CN(C)c1ncc(C(=O)NCc2cnc([C@]3(C)CCCCO3)nc2)cn1. The molecule has 0 bridgehead atoms. The summed E-state index contributed by atoms with van der Waals surface area (Å²) in [5, 5.41) is 2.83. The number of carbonyl (C=O) groups is 1. The van der Waals surface area contributed by atoms with Gasteiger partial charge in [0.25, 0.3) is 5.91 Å². The van der Waals surface area contributed by atoms with E-state index in [-0.39, 0.29) is 5.91 Å². The highest BCUT2D eigenvalue weighted by Crippen LogP contribution is 2.32. The summed E-state index contributed by atoms with van der Waals surface area (Å²) in [6.07, 6.45) is 9.61. The fourth-order valence-electron chi connectivity index (χ4n) is 2.78. The molecule has 0 saturated carbocycles. The lowest BCUT2D eigenvalue weighted by Crippen LogP contribution is -2.32. The van der Waals surface area contributed by atoms with Gasteiger partial charge in [0.2, 0.25) is 5.95 Å². The van der Waals surface area contributed by atoms with Crippen LogP contribution in [-0.4, -0.2) is 46.5 Å². The van der Waals surface area contributed by atoms with Gasteiger partial charge in [-0.15, -0.1) is 0 Å². The molecule has 1 aliphatic rings. The number of rotatable bonds is 5. The molecule has 1 aliphatic heterocycles. The molecule has 1 N–H and O–H groups in total. The maximum atomic E-state index is 12.2. The smallest absolute Gasteiger partial charge is 0.254 e. The van der Waals surface area contributed by atoms with Crippen LogP contribution in [0.3, 0.4) is 0 Å². The van der Waals surface area contributed by atoms with Gasteiger partial charge in [-0.3, -0.25) is 4.79 Å². The van der Waals surface area contributed by atoms with E-state index in [0.717, 1.165) is 31.4 Å². The van der Waals surface area contributed by atoms with Gasteiger partial charge in [-0.25, -0.2) is 19.9 Å². The number of ether oxygens (including phenoxy) is 1. The Hall–Kier alpha value is -2.61. The summed E-state index contributed by atoms with van der Waals surface area (Å²) in [5.74, 6) is 1.02. The number of aromatic nitrogens is 4. The van der Waals surface area contributed by atoms with Crippen LogP contribution in [0.1, 0.15) is 47.9 Å². The quantitative estimate of drug-likeness (QED) is 0.871. The molecule has 138 valence electrons. The summed E-state index contributed by atoms with van der Waals surface area (Å²) in [6, 6.07) is 0. The highest BCUT2D eigenvalue weighted by atomic mass is 16.5. The van der Waals surface area contributed by atoms with Crippen molar-refractivity contribution in [2.45, 2.75) is 38.3 Å². The Morgan fingerprint density at radius 3 is 2.42 bits per heavy atom. The minimum absolute atomic E-state index is 0.234. The second kappa shape index (κ2) is 7.74. The van der Waals surface area contributed by atoms with Crippen molar-refractivity contribution < 1.29 is 9.53 Å². The van der Waals surface area contributed by atoms with Crippen molar-refractivity contribution in [3.63, 3.8) is 0 Å². The molecule has 1 atom stereocenters. The predicted molar refractivity (Wildman–Crippen MR) is 96.7 cm³/mol. The number of hydrogen-bond acceptors (Lipinski definition) is 7. The van der Waals surface area contributed by atoms with Gasteiger partial charge in [0.15, 0.2) is 5.82 Å². The van der Waals surface area contributed by atoms with Crippen molar-refractivity contribution in [1.29, 1.82) is 0 Å². The molecule has 2 aromatic rings. The van der Waals surface area contributed by atoms with Crippen LogP contribution >= 0.6 is 0 Å². The Labute approximate surface area is 153 Å². The summed E-state index contributed by atoms with van der Waals surface area (Å²) in [4.78, 5) is 31.1. The zero-order chi connectivity index (χ0) is 18.6. The van der Waals surface area contributed by atoms with Crippen molar-refractivity contribution in [2.24, 2.45) is 0 Å². The fraction of sp³-hybridized carbons (Fsp3) is 0.500. The third-order valence-corrected chi connectivity index (χ3v) is 4.40. The van der Waals surface area contributed by atoms with Crippen molar-refractivity contribution in [1.82, 2.24) is 25.3 Å². The second-order valence-corrected chi connectivity index (χ2v) is 6.80. The van der Waals surface area contributed by atoms with Gasteiger partial charge >= 0.3 is 0 Å². The summed E-state index contributed by atoms with van der Waals surface area (Å²) in [5.41, 5.74) is 0.828. The maximum absolute atomic E-state index is 12.2. The highest BCUT2D eigenvalue weighted by molar-refractivity contribution is 5.93. The molecule has 0 aromatic carbocycles. The summed E-state index contributed by atoms with van der Waals surface area (Å²) < 4.78 is 5.86. The lowest BCUT2D eigenvalue weighted by molar-refractivity contribution is -0.0760. The number of anilines is 1. The third kappa shape index (κ3) is 4.13. The molecule has 26 heavy (non-hydrogen) atoms. The molecule has 3 heterocycles. The minimum Gasteiger partial charge on any atom is -0.367 e. The molecule has 0 unspecified atom stereocenters. The highest BCUT2D eigenvalue weighted by Gasteiger charge is 2.32. The predicted octanol–water partition coefficient (Wildman–Crippen LogP) is 1.68. The average Bonchev–Trinajstić information content (AvgIpc) is 2.67. The van der Waals surface area contributed by atoms with E-state index >= 15 is 0 Å². The van der Waals surface area contributed by atoms with Gasteiger partial charge in [-0.05, 0) is 26.2 Å². The zero-order valence-corrected chi connectivity index (χ0v) is 15.4. The second-order valence-electron chi connectivity index (χ2n) is 6.80. The zero-order valence-electron chi connectivity index (χ0n) is 15.4. The van der Waals surface area contributed by atoms with E-state index in [1.165, 1.54) is 12.4 Å². The fourth-order valence-corrected chi connectivity index (χ4v) is 2.78. The molecule has 1 amide bonds. The Kier molecular flexibility index (Phi) is 5.41. The third-order valence-electron chi connectivity index (χ3n) is 4.40. The van der Waals surface area contributed by atoms with Crippen LogP contribution in [0.25, 0.3) is 0 Å². The molecule has 0 aliphatic carbocycles. The van der Waals surface area contributed by atoms with Crippen molar-refractivity contribution >= 4 is 11.9 Å². The Morgan fingerprint density at radius 1 is 1.15 bits per heavy atom. The first-order valence-corrected chi connectivity index (χ1v) is 8.71. The first kappa shape index (κ1) is 18.2. The Morgan fingerprint density at radius 2 is 1.85 bits per heavy atom. The van der Waals surface area contributed by atoms with E-state index in [1.54, 1.807) is 17.3 Å². The van der Waals surface area contributed by atoms with Gasteiger partial charge in [-0.2, -0.15) is 0 Å². The van der Waals surface area contributed by atoms with E-state index in [9.17, 15) is 4.79 Å². The monoisotopic (exact) mass is 356 g/mol. The lowest BCUT2D eigenvalue weighted by Gasteiger charge is -2.32. The standard InChI is InChI=1S/C18H24N6O2/c1-18(6-4-5-7-26-18)16-20-9-13(10-21-16)8-19-15(25)14-11-22-17(23-12-14)24(2)3/h9-12H,4-8H2,1-3H3,(H,19,25)/t18-/m0/s1. The van der Waals surface area contributed by atoms with Crippen LogP contribution in [-0.2, 0) is 16.9 Å². The molecule has 1 fully saturated rings. The van der Waals surface area contributed by atoms with Crippen LogP contribution in [0.15, 0.2) is 24.8 Å². The van der Waals surface area contributed by atoms with E-state index in [4.69, 9.17) is 4.74 Å². The normalized spacial score (nSPS) is 19.8. The van der Waals surface area contributed by atoms with Crippen LogP contribution < -0.4 is 10.2 Å². The Balaban J connectivity index is 1.58. The summed E-state index contributed by atoms with van der Waals surface area (Å²) in [7, 11) is 3.69. The van der Waals surface area contributed by atoms with E-state index in [1.807, 2.05) is 21.0 Å². The van der Waals surface area contributed by atoms with Crippen molar-refractivity contribution in [2.75, 3.05) is 25.6 Å². The lowest BCUT2D eigenvalue weighted by atomic mass is 9.95.